The van der Waals surface area contributed by atoms with Gasteiger partial charge < -0.3 is 15.2 Å². The van der Waals surface area contributed by atoms with Crippen LogP contribution in [-0.4, -0.2) is 55.8 Å². The Balaban J connectivity index is 2.10. The fourth-order valence-corrected chi connectivity index (χ4v) is 4.65. The lowest BCUT2D eigenvalue weighted by Crippen LogP contribution is -2.38. The molecule has 1 unspecified atom stereocenters. The number of nitrogen functional groups attached to an aromatic ring is 1. The van der Waals surface area contributed by atoms with Crippen LogP contribution in [0.25, 0.3) is 0 Å². The van der Waals surface area contributed by atoms with Crippen molar-refractivity contribution in [3.05, 3.63) is 34.3 Å². The number of nitrogens with two attached hydrogens (primary N) is 1. The Hall–Kier alpha value is -2.66. The van der Waals surface area contributed by atoms with Crippen LogP contribution in [0, 0.1) is 0 Å². The fourth-order valence-electron chi connectivity index (χ4n) is 2.98. The number of carbonyl (C=O) groups is 2. The number of amides is 2. The van der Waals surface area contributed by atoms with Gasteiger partial charge in [0.25, 0.3) is 17.7 Å². The molecule has 0 aliphatic carbocycles. The number of methoxy groups -OCH3 is 1. The maximum Gasteiger partial charge on any atom is 0.265 e. The lowest BCUT2D eigenvalue weighted by molar-refractivity contribution is 0.0594. The van der Waals surface area contributed by atoms with E-state index in [1.807, 2.05) is 0 Å². The number of ether oxygens (including phenoxy) is 2. The van der Waals surface area contributed by atoms with Crippen molar-refractivity contribution in [2.45, 2.75) is 13.0 Å². The molecule has 28 heavy (non-hydrogen) atoms. The predicted octanol–water partition coefficient (Wildman–Crippen LogP) is 1.51. The zero-order valence-corrected chi connectivity index (χ0v) is 17.1. The minimum absolute atomic E-state index is 0.104. The quantitative estimate of drug-likeness (QED) is 0.661. The number of sulfone groups is 1. The van der Waals surface area contributed by atoms with Crippen molar-refractivity contribution in [2.75, 3.05) is 31.5 Å². The van der Waals surface area contributed by atoms with E-state index in [9.17, 15) is 18.0 Å². The third-order valence-corrected chi connectivity index (χ3v) is 5.90. The summed E-state index contributed by atoms with van der Waals surface area (Å²) in [6.45, 7) is 2.06. The average molecular weight is 425 g/mol. The first-order valence-electron chi connectivity index (χ1n) is 8.28. The number of aromatic nitrogens is 1. The second-order valence-corrected chi connectivity index (χ2v) is 9.25. The molecule has 0 fully saturated rings. The number of imide groups is 1. The van der Waals surface area contributed by atoms with Gasteiger partial charge in [0.05, 0.1) is 47.3 Å². The number of nitrogens with zero attached hydrogens (tertiary/aromatic N) is 2. The summed E-state index contributed by atoms with van der Waals surface area (Å²) in [6, 6.07) is 1.93. The lowest BCUT2D eigenvalue weighted by Gasteiger charge is -2.26. The Labute approximate surface area is 166 Å². The van der Waals surface area contributed by atoms with E-state index >= 15 is 0 Å². The van der Waals surface area contributed by atoms with Gasteiger partial charge in [0.1, 0.15) is 9.84 Å². The fraction of sp³-hybridized carbons (Fsp3) is 0.353. The standard InChI is InChI=1S/C17H19N3O6S2/c1-4-26-15-12(25-2)6-5-10(19-15)11(8-28(3,23)24)20-16(21)9-7-27-14(18)13(9)17(20)22/h5-7,11H,4,8,18H2,1-3H3. The van der Waals surface area contributed by atoms with Gasteiger partial charge in [-0.3, -0.25) is 14.5 Å². The normalized spacial score (nSPS) is 14.9. The van der Waals surface area contributed by atoms with Gasteiger partial charge in [-0.1, -0.05) is 0 Å². The maximum atomic E-state index is 12.9. The van der Waals surface area contributed by atoms with Gasteiger partial charge in [-0.15, -0.1) is 11.3 Å². The zero-order chi connectivity index (χ0) is 20.6. The third kappa shape index (κ3) is 3.54. The highest BCUT2D eigenvalue weighted by molar-refractivity contribution is 7.90. The molecule has 0 aromatic carbocycles. The SMILES string of the molecule is CCOc1nc(C(CS(C)(=O)=O)N2C(=O)c3csc(N)c3C2=O)ccc1OC. The molecule has 9 nitrogen and oxygen atoms in total. The monoisotopic (exact) mass is 425 g/mol. The molecule has 1 aliphatic heterocycles. The van der Waals surface area contributed by atoms with E-state index in [-0.39, 0.29) is 27.7 Å². The Morgan fingerprint density at radius 2 is 2.00 bits per heavy atom. The van der Waals surface area contributed by atoms with E-state index in [0.29, 0.717) is 12.4 Å². The number of hydrogen-bond donors (Lipinski definition) is 1. The van der Waals surface area contributed by atoms with Crippen LogP contribution in [0.1, 0.15) is 39.4 Å². The van der Waals surface area contributed by atoms with Crippen LogP contribution >= 0.6 is 11.3 Å². The first-order chi connectivity index (χ1) is 13.2. The number of thiophene rings is 1. The van der Waals surface area contributed by atoms with Crippen LogP contribution in [0.2, 0.25) is 0 Å². The number of anilines is 1. The summed E-state index contributed by atoms with van der Waals surface area (Å²) < 4.78 is 34.7. The highest BCUT2D eigenvalue weighted by Gasteiger charge is 2.44. The summed E-state index contributed by atoms with van der Waals surface area (Å²) in [4.78, 5) is 30.9. The van der Waals surface area contributed by atoms with Crippen LogP contribution in [0.3, 0.4) is 0 Å². The highest BCUT2D eigenvalue weighted by atomic mass is 32.2. The topological polar surface area (TPSA) is 129 Å². The molecule has 150 valence electrons. The van der Waals surface area contributed by atoms with Crippen molar-refractivity contribution in [2.24, 2.45) is 0 Å². The second kappa shape index (κ2) is 7.40. The van der Waals surface area contributed by atoms with Crippen molar-refractivity contribution in [1.82, 2.24) is 9.88 Å². The molecule has 0 bridgehead atoms. The molecule has 2 amide bonds. The molecule has 2 N–H and O–H groups in total. The smallest absolute Gasteiger partial charge is 0.265 e. The number of hydrogen-bond acceptors (Lipinski definition) is 9. The van der Waals surface area contributed by atoms with Gasteiger partial charge in [0, 0.05) is 11.6 Å². The summed E-state index contributed by atoms with van der Waals surface area (Å²) in [7, 11) is -2.12. The third-order valence-electron chi connectivity index (χ3n) is 4.16. The lowest BCUT2D eigenvalue weighted by atomic mass is 10.1. The van der Waals surface area contributed by atoms with E-state index in [1.54, 1.807) is 13.0 Å². The van der Waals surface area contributed by atoms with Crippen molar-refractivity contribution in [1.29, 1.82) is 0 Å². The molecule has 2 aromatic heterocycles. The molecule has 11 heteroatoms. The van der Waals surface area contributed by atoms with E-state index in [4.69, 9.17) is 15.2 Å². The Morgan fingerprint density at radius 1 is 1.29 bits per heavy atom. The van der Waals surface area contributed by atoms with Crippen molar-refractivity contribution in [3.8, 4) is 11.6 Å². The summed E-state index contributed by atoms with van der Waals surface area (Å²) in [5.41, 5.74) is 6.30. The summed E-state index contributed by atoms with van der Waals surface area (Å²) in [6.07, 6.45) is 1.03. The average Bonchev–Trinajstić information content (AvgIpc) is 3.12. The van der Waals surface area contributed by atoms with Crippen LogP contribution in [0.5, 0.6) is 11.6 Å². The zero-order valence-electron chi connectivity index (χ0n) is 15.5. The summed E-state index contributed by atoms with van der Waals surface area (Å²) in [5.74, 6) is -1.22. The van der Waals surface area contributed by atoms with Gasteiger partial charge >= 0.3 is 0 Å². The van der Waals surface area contributed by atoms with E-state index < -0.39 is 33.4 Å². The second-order valence-electron chi connectivity index (χ2n) is 6.15. The van der Waals surface area contributed by atoms with Crippen LogP contribution < -0.4 is 15.2 Å². The number of fused-ring (bicyclic) bond motifs is 1. The van der Waals surface area contributed by atoms with Crippen molar-refractivity contribution < 1.29 is 27.5 Å². The van der Waals surface area contributed by atoms with Gasteiger partial charge in [0.2, 0.25) is 0 Å². The van der Waals surface area contributed by atoms with Gasteiger partial charge in [-0.2, -0.15) is 0 Å². The van der Waals surface area contributed by atoms with Crippen molar-refractivity contribution >= 4 is 38.0 Å². The predicted molar refractivity (Wildman–Crippen MR) is 104 cm³/mol. The first-order valence-corrected chi connectivity index (χ1v) is 11.2. The van der Waals surface area contributed by atoms with Crippen LogP contribution in [0.4, 0.5) is 5.00 Å². The minimum Gasteiger partial charge on any atom is -0.491 e. The van der Waals surface area contributed by atoms with Crippen LogP contribution in [0.15, 0.2) is 17.5 Å². The van der Waals surface area contributed by atoms with Gasteiger partial charge in [0.15, 0.2) is 5.75 Å². The van der Waals surface area contributed by atoms with Crippen LogP contribution in [-0.2, 0) is 9.84 Å². The molecule has 2 aromatic rings. The number of rotatable bonds is 7. The molecular formula is C17H19N3O6S2. The molecule has 0 saturated carbocycles. The first kappa shape index (κ1) is 20.1. The molecule has 3 heterocycles. The molecule has 0 saturated heterocycles. The largest absolute Gasteiger partial charge is 0.491 e. The summed E-state index contributed by atoms with van der Waals surface area (Å²) >= 11 is 1.09. The molecule has 1 atom stereocenters. The molecule has 0 radical (unpaired) electrons. The Bertz CT molecular complexity index is 1050. The minimum atomic E-state index is -3.56. The molecule has 1 aliphatic rings. The maximum absolute atomic E-state index is 12.9. The highest BCUT2D eigenvalue weighted by Crippen LogP contribution is 2.38. The van der Waals surface area contributed by atoms with Gasteiger partial charge in [-0.25, -0.2) is 13.4 Å². The van der Waals surface area contributed by atoms with Crippen molar-refractivity contribution in [3.63, 3.8) is 0 Å². The van der Waals surface area contributed by atoms with E-state index in [0.717, 1.165) is 22.5 Å². The van der Waals surface area contributed by atoms with E-state index in [2.05, 4.69) is 4.98 Å². The summed E-state index contributed by atoms with van der Waals surface area (Å²) in [5, 5.41) is 1.71. The Morgan fingerprint density at radius 3 is 2.57 bits per heavy atom. The molecule has 3 rings (SSSR count). The van der Waals surface area contributed by atoms with Gasteiger partial charge in [-0.05, 0) is 19.1 Å². The van der Waals surface area contributed by atoms with E-state index in [1.165, 1.54) is 18.6 Å². The molecule has 0 spiro atoms. The number of carbonyl (C=O) groups excluding carboxylic acids is 2. The number of pyridine rings is 1. The molecular weight excluding hydrogens is 406 g/mol. The Kier molecular flexibility index (Phi) is 5.31.